The van der Waals surface area contributed by atoms with E-state index >= 15 is 0 Å². The van der Waals surface area contributed by atoms with Crippen LogP contribution in [0.2, 0.25) is 0 Å². The van der Waals surface area contributed by atoms with Crippen LogP contribution in [0.3, 0.4) is 0 Å². The maximum Gasteiger partial charge on any atom is 0.490 e. The van der Waals surface area contributed by atoms with Gasteiger partial charge in [-0.1, -0.05) is 48.5 Å². The molecule has 0 saturated carbocycles. The number of carbonyl (C=O) groups is 3. The summed E-state index contributed by atoms with van der Waals surface area (Å²) in [5, 5.41) is 25.3. The molecule has 1 aromatic heterocycles. The molecule has 12 nitrogen and oxygen atoms in total. The predicted octanol–water partition coefficient (Wildman–Crippen LogP) is 4.27. The number of sulfonamides is 1. The van der Waals surface area contributed by atoms with Crippen molar-refractivity contribution in [2.24, 2.45) is 10.9 Å². The largest absolute Gasteiger partial charge is 0.490 e. The quantitative estimate of drug-likeness (QED) is 0.0911. The number of thiazole rings is 1. The third-order valence-electron chi connectivity index (χ3n) is 6.18. The lowest BCUT2D eigenvalue weighted by Crippen LogP contribution is -2.30. The van der Waals surface area contributed by atoms with Gasteiger partial charge in [0.1, 0.15) is 10.8 Å². The molecular weight excluding hydrogens is 663 g/mol. The van der Waals surface area contributed by atoms with Crippen LogP contribution < -0.4 is 16.2 Å². The van der Waals surface area contributed by atoms with Crippen LogP contribution in [0, 0.1) is 5.41 Å². The lowest BCUT2D eigenvalue weighted by atomic mass is 10.0. The smallest absolute Gasteiger partial charge is 0.475 e. The summed E-state index contributed by atoms with van der Waals surface area (Å²) in [6, 6.07) is 19.3. The molecular formula is C30H28F3N5O7S2. The average molecular weight is 692 g/mol. The summed E-state index contributed by atoms with van der Waals surface area (Å²) < 4.78 is 60.8. The van der Waals surface area contributed by atoms with E-state index in [-0.39, 0.29) is 23.0 Å². The van der Waals surface area contributed by atoms with Gasteiger partial charge in [-0.05, 0) is 48.7 Å². The van der Waals surface area contributed by atoms with Crippen LogP contribution in [0.4, 0.5) is 13.2 Å². The van der Waals surface area contributed by atoms with Crippen molar-refractivity contribution in [1.29, 1.82) is 5.41 Å². The van der Waals surface area contributed by atoms with Crippen LogP contribution in [0.25, 0.3) is 11.1 Å². The SMILES string of the molecule is CCOC(=O)c1csc(C(Cc2cccc(C(=N)N)c2)NC(=O)c2ccc(-c3ccccc3S(N)(=O)=O)cc2)n1.O=C(O)C(F)(F)F. The van der Waals surface area contributed by atoms with Crippen molar-refractivity contribution in [1.82, 2.24) is 10.3 Å². The first-order chi connectivity index (χ1) is 22.0. The minimum absolute atomic E-state index is 0.0127. The van der Waals surface area contributed by atoms with Crippen LogP contribution >= 0.6 is 11.3 Å². The Labute approximate surface area is 270 Å². The van der Waals surface area contributed by atoms with E-state index < -0.39 is 40.1 Å². The molecule has 17 heteroatoms. The van der Waals surface area contributed by atoms with Gasteiger partial charge in [-0.15, -0.1) is 11.3 Å². The topological polar surface area (TPSA) is 216 Å². The molecule has 1 heterocycles. The van der Waals surface area contributed by atoms with Gasteiger partial charge in [-0.3, -0.25) is 10.2 Å². The Balaban J connectivity index is 0.000000771. The monoisotopic (exact) mass is 691 g/mol. The number of benzene rings is 3. The molecule has 0 aliphatic heterocycles. The van der Waals surface area contributed by atoms with Gasteiger partial charge in [0.15, 0.2) is 5.69 Å². The zero-order chi connectivity index (χ0) is 34.9. The molecule has 1 atom stereocenters. The highest BCUT2D eigenvalue weighted by Crippen LogP contribution is 2.28. The molecule has 248 valence electrons. The molecule has 47 heavy (non-hydrogen) atoms. The van der Waals surface area contributed by atoms with Crippen LogP contribution in [-0.4, -0.2) is 55.0 Å². The van der Waals surface area contributed by atoms with Crippen LogP contribution in [0.1, 0.15) is 49.9 Å². The van der Waals surface area contributed by atoms with E-state index in [2.05, 4.69) is 10.3 Å². The number of amidine groups is 1. The Kier molecular flexibility index (Phi) is 11.9. The van der Waals surface area contributed by atoms with E-state index in [1.807, 2.05) is 6.07 Å². The van der Waals surface area contributed by atoms with Gasteiger partial charge in [-0.25, -0.2) is 28.1 Å². The first-order valence-electron chi connectivity index (χ1n) is 13.4. The number of ether oxygens (including phenoxy) is 1. The van der Waals surface area contributed by atoms with E-state index in [0.717, 1.165) is 5.56 Å². The third kappa shape index (κ3) is 10.2. The summed E-state index contributed by atoms with van der Waals surface area (Å²) in [6.45, 7) is 1.91. The van der Waals surface area contributed by atoms with E-state index in [1.165, 1.54) is 17.4 Å². The predicted molar refractivity (Wildman–Crippen MR) is 166 cm³/mol. The number of alkyl halides is 3. The Morgan fingerprint density at radius 2 is 1.68 bits per heavy atom. The molecule has 7 N–H and O–H groups in total. The number of carboxylic acid groups (broad SMARTS) is 1. The second kappa shape index (κ2) is 15.4. The molecule has 3 aromatic carbocycles. The third-order valence-corrected chi connectivity index (χ3v) is 8.11. The van der Waals surface area contributed by atoms with Gasteiger partial charge in [0, 0.05) is 22.1 Å². The molecule has 0 bridgehead atoms. The Morgan fingerprint density at radius 3 is 2.26 bits per heavy atom. The standard InChI is InChI=1S/C28H27N5O5S2.C2HF3O2/c1-2-38-28(35)23-16-39-27(33-23)22(15-17-6-5-7-20(14-17)25(29)30)32-26(34)19-12-10-18(11-13-19)21-8-3-4-9-24(21)40(31,36)37;3-2(4,5)1(6)7/h3-14,16,22H,2,15H2,1H3,(H3,29,30)(H,32,34)(H2,31,36,37);(H,6,7). The first kappa shape index (κ1) is 36.3. The number of primary sulfonamides is 1. The molecule has 0 radical (unpaired) electrons. The second-order valence-corrected chi connectivity index (χ2v) is 12.0. The lowest BCUT2D eigenvalue weighted by Gasteiger charge is -2.18. The number of amides is 1. The summed E-state index contributed by atoms with van der Waals surface area (Å²) in [4.78, 5) is 38.8. The van der Waals surface area contributed by atoms with Crippen molar-refractivity contribution in [2.75, 3.05) is 6.61 Å². The van der Waals surface area contributed by atoms with Crippen LogP contribution in [0.5, 0.6) is 0 Å². The van der Waals surface area contributed by atoms with Gasteiger partial charge in [0.05, 0.1) is 17.5 Å². The van der Waals surface area contributed by atoms with Crippen molar-refractivity contribution < 1.29 is 45.8 Å². The number of nitrogens with zero attached hydrogens (tertiary/aromatic N) is 1. The highest BCUT2D eigenvalue weighted by molar-refractivity contribution is 7.89. The highest BCUT2D eigenvalue weighted by atomic mass is 32.2. The van der Waals surface area contributed by atoms with E-state index in [0.29, 0.717) is 33.7 Å². The second-order valence-electron chi connectivity index (χ2n) is 9.56. The van der Waals surface area contributed by atoms with Crippen molar-refractivity contribution >= 4 is 45.0 Å². The zero-order valence-corrected chi connectivity index (χ0v) is 26.1. The maximum atomic E-state index is 13.3. The zero-order valence-electron chi connectivity index (χ0n) is 24.4. The number of hydrogen-bond acceptors (Lipinski definition) is 9. The minimum Gasteiger partial charge on any atom is -0.475 e. The summed E-state index contributed by atoms with van der Waals surface area (Å²) in [6.07, 6.45) is -4.76. The number of rotatable bonds is 10. The maximum absolute atomic E-state index is 13.3. The molecule has 0 spiro atoms. The number of aromatic nitrogens is 1. The van der Waals surface area contributed by atoms with E-state index in [4.69, 9.17) is 30.9 Å². The minimum atomic E-state index is -5.08. The fourth-order valence-corrected chi connectivity index (χ4v) is 5.64. The van der Waals surface area contributed by atoms with Crippen molar-refractivity contribution in [3.05, 3.63) is 106 Å². The number of aliphatic carboxylic acids is 1. The number of carboxylic acids is 1. The first-order valence-corrected chi connectivity index (χ1v) is 15.8. The number of halogens is 3. The molecule has 0 saturated heterocycles. The van der Waals surface area contributed by atoms with Crippen molar-refractivity contribution in [3.8, 4) is 11.1 Å². The number of carbonyl (C=O) groups excluding carboxylic acids is 2. The molecule has 4 rings (SSSR count). The molecule has 0 fully saturated rings. The number of nitrogen functional groups attached to an aromatic ring is 1. The van der Waals surface area contributed by atoms with Gasteiger partial charge in [0.2, 0.25) is 10.0 Å². The summed E-state index contributed by atoms with van der Waals surface area (Å²) in [5.74, 6) is -3.78. The van der Waals surface area contributed by atoms with Gasteiger partial charge in [0.25, 0.3) is 5.91 Å². The van der Waals surface area contributed by atoms with Gasteiger partial charge >= 0.3 is 18.1 Å². The van der Waals surface area contributed by atoms with Crippen LogP contribution in [-0.2, 0) is 26.0 Å². The van der Waals surface area contributed by atoms with Gasteiger partial charge < -0.3 is 20.9 Å². The molecule has 1 amide bonds. The fraction of sp³-hybridized carbons (Fsp3) is 0.167. The van der Waals surface area contributed by atoms with E-state index in [9.17, 15) is 31.2 Å². The number of esters is 1. The fourth-order valence-electron chi connectivity index (χ4n) is 4.04. The Bertz CT molecular complexity index is 1880. The molecule has 0 aliphatic rings. The molecule has 0 aliphatic carbocycles. The molecule has 4 aromatic rings. The Hall–Kier alpha value is -5.13. The van der Waals surface area contributed by atoms with Crippen molar-refractivity contribution in [3.63, 3.8) is 0 Å². The van der Waals surface area contributed by atoms with Crippen LogP contribution in [0.15, 0.2) is 83.1 Å². The average Bonchev–Trinajstić information content (AvgIpc) is 3.51. The number of nitrogens with two attached hydrogens (primary N) is 2. The molecule has 1 unspecified atom stereocenters. The highest BCUT2D eigenvalue weighted by Gasteiger charge is 2.38. The lowest BCUT2D eigenvalue weighted by molar-refractivity contribution is -0.192. The summed E-state index contributed by atoms with van der Waals surface area (Å²) in [7, 11) is -3.94. The normalized spacial score (nSPS) is 11.9. The van der Waals surface area contributed by atoms with Crippen molar-refractivity contribution in [2.45, 2.75) is 30.5 Å². The van der Waals surface area contributed by atoms with Gasteiger partial charge in [-0.2, -0.15) is 13.2 Å². The number of hydrogen-bond donors (Lipinski definition) is 5. The summed E-state index contributed by atoms with van der Waals surface area (Å²) >= 11 is 1.22. The Morgan fingerprint density at radius 1 is 1.04 bits per heavy atom. The van der Waals surface area contributed by atoms with E-state index in [1.54, 1.807) is 73.0 Å². The summed E-state index contributed by atoms with van der Waals surface area (Å²) in [5.41, 5.74) is 8.49. The number of nitrogens with one attached hydrogen (secondary N) is 2.